The number of hydrogen-bond acceptors (Lipinski definition) is 3. The standard InChI is InChI=1S/C14H14F3N3O2/c1-22-11-4-2-3-10(7-11)8-18-13(21)9-20-6-5-12(19-20)14(15,16)17/h2-7H,8-9H2,1H3,(H,18,21). The first-order valence-electron chi connectivity index (χ1n) is 6.39. The van der Waals surface area contributed by atoms with Gasteiger partial charge in [0.1, 0.15) is 12.3 Å². The highest BCUT2D eigenvalue weighted by Gasteiger charge is 2.33. The molecule has 1 aromatic carbocycles. The number of rotatable bonds is 5. The van der Waals surface area contributed by atoms with Gasteiger partial charge in [-0.3, -0.25) is 9.48 Å². The molecule has 0 radical (unpaired) electrons. The normalized spacial score (nSPS) is 11.3. The summed E-state index contributed by atoms with van der Waals surface area (Å²) in [7, 11) is 1.54. The highest BCUT2D eigenvalue weighted by Crippen LogP contribution is 2.27. The number of aromatic nitrogens is 2. The second kappa shape index (κ2) is 6.50. The van der Waals surface area contributed by atoms with Crippen molar-refractivity contribution in [3.05, 3.63) is 47.8 Å². The maximum Gasteiger partial charge on any atom is 0.435 e. The van der Waals surface area contributed by atoms with Crippen LogP contribution in [0.1, 0.15) is 11.3 Å². The molecule has 0 atom stereocenters. The third-order valence-corrected chi connectivity index (χ3v) is 2.86. The molecule has 0 fully saturated rings. The summed E-state index contributed by atoms with van der Waals surface area (Å²) in [5.74, 6) is 0.230. The predicted molar refractivity (Wildman–Crippen MR) is 72.1 cm³/mol. The SMILES string of the molecule is COc1cccc(CNC(=O)Cn2ccc(C(F)(F)F)n2)c1. The van der Waals surface area contributed by atoms with Gasteiger partial charge in [-0.05, 0) is 23.8 Å². The van der Waals surface area contributed by atoms with Gasteiger partial charge in [-0.1, -0.05) is 12.1 Å². The van der Waals surface area contributed by atoms with Crippen LogP contribution >= 0.6 is 0 Å². The van der Waals surface area contributed by atoms with Crippen LogP contribution in [0, 0.1) is 0 Å². The summed E-state index contributed by atoms with van der Waals surface area (Å²) in [6.07, 6.45) is -3.39. The molecular formula is C14H14F3N3O2. The number of methoxy groups -OCH3 is 1. The van der Waals surface area contributed by atoms with Crippen molar-refractivity contribution in [3.8, 4) is 5.75 Å². The number of amides is 1. The van der Waals surface area contributed by atoms with Gasteiger partial charge < -0.3 is 10.1 Å². The average molecular weight is 313 g/mol. The van der Waals surface area contributed by atoms with Gasteiger partial charge in [0.25, 0.3) is 0 Å². The van der Waals surface area contributed by atoms with Crippen molar-refractivity contribution in [1.82, 2.24) is 15.1 Å². The molecule has 0 saturated heterocycles. The number of nitrogens with one attached hydrogen (secondary N) is 1. The molecule has 2 aromatic rings. The van der Waals surface area contributed by atoms with Crippen LogP contribution in [0.4, 0.5) is 13.2 Å². The summed E-state index contributed by atoms with van der Waals surface area (Å²) >= 11 is 0. The summed E-state index contributed by atoms with van der Waals surface area (Å²) < 4.78 is 43.2. The molecule has 118 valence electrons. The van der Waals surface area contributed by atoms with E-state index in [9.17, 15) is 18.0 Å². The Labute approximate surface area is 124 Å². The van der Waals surface area contributed by atoms with Crippen LogP contribution in [0.5, 0.6) is 5.75 Å². The topological polar surface area (TPSA) is 56.1 Å². The minimum Gasteiger partial charge on any atom is -0.497 e. The number of benzene rings is 1. The molecule has 22 heavy (non-hydrogen) atoms. The van der Waals surface area contributed by atoms with Gasteiger partial charge in [0.2, 0.25) is 5.91 Å². The van der Waals surface area contributed by atoms with E-state index in [1.165, 1.54) is 7.11 Å². The zero-order valence-electron chi connectivity index (χ0n) is 11.7. The Kier molecular flexibility index (Phi) is 4.69. The largest absolute Gasteiger partial charge is 0.497 e. The molecule has 8 heteroatoms. The summed E-state index contributed by atoms with van der Waals surface area (Å²) in [5.41, 5.74) is -0.197. The molecule has 0 spiro atoms. The van der Waals surface area contributed by atoms with E-state index in [0.717, 1.165) is 22.5 Å². The Hall–Kier alpha value is -2.51. The third-order valence-electron chi connectivity index (χ3n) is 2.86. The quantitative estimate of drug-likeness (QED) is 0.921. The first-order chi connectivity index (χ1) is 10.4. The molecule has 1 heterocycles. The number of alkyl halides is 3. The Morgan fingerprint density at radius 3 is 2.77 bits per heavy atom. The Balaban J connectivity index is 1.89. The van der Waals surface area contributed by atoms with E-state index in [1.54, 1.807) is 24.3 Å². The lowest BCUT2D eigenvalue weighted by Gasteiger charge is -2.07. The fourth-order valence-corrected chi connectivity index (χ4v) is 1.79. The minimum absolute atomic E-state index is 0.253. The van der Waals surface area contributed by atoms with Gasteiger partial charge in [-0.2, -0.15) is 18.3 Å². The molecule has 2 rings (SSSR count). The van der Waals surface area contributed by atoms with E-state index in [0.29, 0.717) is 5.75 Å². The number of hydrogen-bond donors (Lipinski definition) is 1. The van der Waals surface area contributed by atoms with E-state index in [1.807, 2.05) is 0 Å². The van der Waals surface area contributed by atoms with Crippen LogP contribution in [0.25, 0.3) is 0 Å². The van der Waals surface area contributed by atoms with Crippen molar-refractivity contribution in [1.29, 1.82) is 0 Å². The average Bonchev–Trinajstić information content (AvgIpc) is 2.94. The first kappa shape index (κ1) is 15.9. The summed E-state index contributed by atoms with van der Waals surface area (Å²) in [6.45, 7) is -0.0243. The van der Waals surface area contributed by atoms with Crippen molar-refractivity contribution < 1.29 is 22.7 Å². The number of nitrogens with zero attached hydrogens (tertiary/aromatic N) is 2. The van der Waals surface area contributed by atoms with Crippen molar-refractivity contribution >= 4 is 5.91 Å². The molecule has 0 aliphatic heterocycles. The highest BCUT2D eigenvalue weighted by atomic mass is 19.4. The Bertz CT molecular complexity index is 653. The van der Waals surface area contributed by atoms with Crippen LogP contribution < -0.4 is 10.1 Å². The van der Waals surface area contributed by atoms with Gasteiger partial charge >= 0.3 is 6.18 Å². The second-order valence-corrected chi connectivity index (χ2v) is 4.52. The summed E-state index contributed by atoms with van der Waals surface area (Å²) in [4.78, 5) is 11.7. The summed E-state index contributed by atoms with van der Waals surface area (Å²) in [5, 5.41) is 5.92. The molecule has 0 bridgehead atoms. The van der Waals surface area contributed by atoms with Crippen LogP contribution in [0.3, 0.4) is 0 Å². The maximum absolute atomic E-state index is 12.4. The van der Waals surface area contributed by atoms with Crippen LogP contribution in [-0.4, -0.2) is 22.8 Å². The Morgan fingerprint density at radius 1 is 1.36 bits per heavy atom. The predicted octanol–water partition coefficient (Wildman–Crippen LogP) is 2.23. The number of ether oxygens (including phenoxy) is 1. The number of carbonyl (C=O) groups excluding carboxylic acids is 1. The molecule has 5 nitrogen and oxygen atoms in total. The van der Waals surface area contributed by atoms with E-state index in [4.69, 9.17) is 4.74 Å². The van der Waals surface area contributed by atoms with Crippen molar-refractivity contribution in [2.75, 3.05) is 7.11 Å². The zero-order valence-corrected chi connectivity index (χ0v) is 11.7. The second-order valence-electron chi connectivity index (χ2n) is 4.52. The van der Waals surface area contributed by atoms with Gasteiger partial charge in [-0.15, -0.1) is 0 Å². The fourth-order valence-electron chi connectivity index (χ4n) is 1.79. The van der Waals surface area contributed by atoms with Crippen molar-refractivity contribution in [3.63, 3.8) is 0 Å². The van der Waals surface area contributed by atoms with Crippen LogP contribution in [0.15, 0.2) is 36.5 Å². The lowest BCUT2D eigenvalue weighted by atomic mass is 10.2. The lowest BCUT2D eigenvalue weighted by Crippen LogP contribution is -2.27. The molecule has 0 unspecified atom stereocenters. The van der Waals surface area contributed by atoms with Crippen LogP contribution in [-0.2, 0) is 24.1 Å². The smallest absolute Gasteiger partial charge is 0.435 e. The van der Waals surface area contributed by atoms with Gasteiger partial charge in [-0.25, -0.2) is 0 Å². The number of carbonyl (C=O) groups is 1. The summed E-state index contributed by atoms with van der Waals surface area (Å²) in [6, 6.07) is 7.95. The van der Waals surface area contributed by atoms with E-state index < -0.39 is 17.8 Å². The molecule has 1 N–H and O–H groups in total. The van der Waals surface area contributed by atoms with Gasteiger partial charge in [0, 0.05) is 12.7 Å². The van der Waals surface area contributed by atoms with E-state index >= 15 is 0 Å². The van der Waals surface area contributed by atoms with Crippen LogP contribution in [0.2, 0.25) is 0 Å². The van der Waals surface area contributed by atoms with E-state index in [2.05, 4.69) is 10.4 Å². The van der Waals surface area contributed by atoms with Gasteiger partial charge in [0.05, 0.1) is 7.11 Å². The maximum atomic E-state index is 12.4. The minimum atomic E-state index is -4.51. The molecule has 0 aliphatic rings. The zero-order chi connectivity index (χ0) is 16.2. The molecule has 1 amide bonds. The van der Waals surface area contributed by atoms with Crippen molar-refractivity contribution in [2.24, 2.45) is 0 Å². The number of halogens is 3. The highest BCUT2D eigenvalue weighted by molar-refractivity contribution is 5.75. The lowest BCUT2D eigenvalue weighted by molar-refractivity contribution is -0.141. The monoisotopic (exact) mass is 313 g/mol. The fraction of sp³-hybridized carbons (Fsp3) is 0.286. The van der Waals surface area contributed by atoms with E-state index in [-0.39, 0.29) is 13.1 Å². The molecule has 0 aliphatic carbocycles. The Morgan fingerprint density at radius 2 is 2.14 bits per heavy atom. The molecule has 1 aromatic heterocycles. The molecular weight excluding hydrogens is 299 g/mol. The molecule has 0 saturated carbocycles. The van der Waals surface area contributed by atoms with Crippen molar-refractivity contribution in [2.45, 2.75) is 19.3 Å². The first-order valence-corrected chi connectivity index (χ1v) is 6.39. The third kappa shape index (κ3) is 4.24. The van der Waals surface area contributed by atoms with Gasteiger partial charge in [0.15, 0.2) is 5.69 Å².